The maximum absolute atomic E-state index is 6.16. The van der Waals surface area contributed by atoms with E-state index in [0.717, 1.165) is 64.7 Å². The van der Waals surface area contributed by atoms with E-state index in [-0.39, 0.29) is 25.3 Å². The highest BCUT2D eigenvalue weighted by Crippen LogP contribution is 2.47. The van der Waals surface area contributed by atoms with Crippen LogP contribution in [-0.2, 0) is 27.8 Å². The highest BCUT2D eigenvalue weighted by Gasteiger charge is 2.41. The average molecular weight is 517 g/mol. The fraction of sp³-hybridized carbons (Fsp3) is 0.750. The molecular weight excluding hydrogens is 478 g/mol. The monoisotopic (exact) mass is 516 g/mol. The van der Waals surface area contributed by atoms with Crippen molar-refractivity contribution in [1.29, 1.82) is 0 Å². The largest absolute Gasteiger partial charge is 0.450 e. The molecule has 0 amide bonds. The summed E-state index contributed by atoms with van der Waals surface area (Å²) in [5.41, 5.74) is 0.293. The van der Waals surface area contributed by atoms with Gasteiger partial charge in [0.15, 0.2) is 0 Å². The SMILES string of the molecule is CCC1(COPOc2ccc(OP(OCC3(CC)COC3)OCC3(CC)COC3)cc2)COC1. The Bertz CT molecular complexity index is 707. The quantitative estimate of drug-likeness (QED) is 0.210. The van der Waals surface area contributed by atoms with Crippen LogP contribution in [0, 0.1) is 16.2 Å². The van der Waals surface area contributed by atoms with Gasteiger partial charge in [0, 0.05) is 16.2 Å². The molecule has 1 atom stereocenters. The Morgan fingerprint density at radius 2 is 1.15 bits per heavy atom. The number of hydrogen-bond donors (Lipinski definition) is 0. The summed E-state index contributed by atoms with van der Waals surface area (Å²) in [4.78, 5) is 0. The summed E-state index contributed by atoms with van der Waals surface area (Å²) in [6.07, 6.45) is 3.06. The maximum atomic E-state index is 6.16. The van der Waals surface area contributed by atoms with E-state index in [4.69, 9.17) is 36.8 Å². The first-order chi connectivity index (χ1) is 16.5. The second-order valence-corrected chi connectivity index (χ2v) is 11.7. The van der Waals surface area contributed by atoms with Crippen molar-refractivity contribution < 1.29 is 36.8 Å². The predicted molar refractivity (Wildman–Crippen MR) is 131 cm³/mol. The molecule has 3 aliphatic rings. The molecule has 3 saturated heterocycles. The van der Waals surface area contributed by atoms with Gasteiger partial charge in [0.2, 0.25) is 9.03 Å². The average Bonchev–Trinajstić information content (AvgIpc) is 2.78. The Morgan fingerprint density at radius 3 is 1.56 bits per heavy atom. The van der Waals surface area contributed by atoms with E-state index in [1.165, 1.54) is 0 Å². The van der Waals surface area contributed by atoms with Gasteiger partial charge in [-0.15, -0.1) is 0 Å². The molecule has 10 heteroatoms. The van der Waals surface area contributed by atoms with Crippen LogP contribution in [0.2, 0.25) is 0 Å². The van der Waals surface area contributed by atoms with Gasteiger partial charge in [0.1, 0.15) is 11.5 Å². The van der Waals surface area contributed by atoms with Crippen LogP contribution in [0.1, 0.15) is 40.0 Å². The van der Waals surface area contributed by atoms with E-state index in [1.807, 2.05) is 24.3 Å². The summed E-state index contributed by atoms with van der Waals surface area (Å²) in [7, 11) is -1.59. The minimum atomic E-state index is -1.54. The minimum absolute atomic E-state index is 0.0502. The van der Waals surface area contributed by atoms with Crippen molar-refractivity contribution in [3.05, 3.63) is 24.3 Å². The Morgan fingerprint density at radius 1 is 0.706 bits per heavy atom. The maximum Gasteiger partial charge on any atom is 0.397 e. The van der Waals surface area contributed by atoms with Crippen LogP contribution in [0.4, 0.5) is 0 Å². The topological polar surface area (TPSA) is 73.8 Å². The van der Waals surface area contributed by atoms with Crippen LogP contribution in [-0.4, -0.2) is 59.5 Å². The molecule has 1 aromatic rings. The molecule has 3 fully saturated rings. The Kier molecular flexibility index (Phi) is 9.45. The Balaban J connectivity index is 1.26. The number of ether oxygens (including phenoxy) is 3. The van der Waals surface area contributed by atoms with Gasteiger partial charge in [-0.25, -0.2) is 0 Å². The summed E-state index contributed by atoms with van der Waals surface area (Å²) >= 11 is 0. The van der Waals surface area contributed by atoms with Gasteiger partial charge in [0.05, 0.1) is 59.5 Å². The number of rotatable bonds is 16. The van der Waals surface area contributed by atoms with Crippen molar-refractivity contribution in [2.75, 3.05) is 59.5 Å². The summed E-state index contributed by atoms with van der Waals surface area (Å²) in [5, 5.41) is 0. The van der Waals surface area contributed by atoms with E-state index in [9.17, 15) is 0 Å². The molecule has 0 spiro atoms. The molecule has 1 unspecified atom stereocenters. The lowest BCUT2D eigenvalue weighted by atomic mass is 9.84. The fourth-order valence-electron chi connectivity index (χ4n) is 3.72. The molecule has 3 heterocycles. The molecule has 0 radical (unpaired) electrons. The van der Waals surface area contributed by atoms with E-state index < -0.39 is 8.60 Å². The van der Waals surface area contributed by atoms with Crippen molar-refractivity contribution in [3.8, 4) is 11.5 Å². The van der Waals surface area contributed by atoms with Gasteiger partial charge in [-0.05, 0) is 43.5 Å². The van der Waals surface area contributed by atoms with Crippen LogP contribution < -0.4 is 9.05 Å². The zero-order valence-corrected chi connectivity index (χ0v) is 22.4. The first-order valence-electron chi connectivity index (χ1n) is 12.1. The fourth-order valence-corrected chi connectivity index (χ4v) is 5.61. The Hall–Kier alpha value is -0.560. The van der Waals surface area contributed by atoms with Gasteiger partial charge < -0.3 is 36.8 Å². The number of benzene rings is 1. The lowest BCUT2D eigenvalue weighted by Crippen LogP contribution is -2.46. The van der Waals surface area contributed by atoms with Crippen LogP contribution in [0.3, 0.4) is 0 Å². The molecule has 0 N–H and O–H groups in total. The van der Waals surface area contributed by atoms with E-state index in [0.29, 0.717) is 25.6 Å². The highest BCUT2D eigenvalue weighted by molar-refractivity contribution is 7.42. The molecule has 4 rings (SSSR count). The molecule has 192 valence electrons. The zero-order valence-electron chi connectivity index (χ0n) is 20.5. The van der Waals surface area contributed by atoms with Crippen LogP contribution in [0.15, 0.2) is 24.3 Å². The summed E-state index contributed by atoms with van der Waals surface area (Å²) in [6.45, 7) is 12.7. The smallest absolute Gasteiger partial charge is 0.397 e. The molecule has 0 bridgehead atoms. The van der Waals surface area contributed by atoms with Crippen LogP contribution in [0.25, 0.3) is 0 Å². The second kappa shape index (κ2) is 12.1. The predicted octanol–water partition coefficient (Wildman–Crippen LogP) is 5.51. The first kappa shape index (κ1) is 26.5. The summed E-state index contributed by atoms with van der Waals surface area (Å²) in [6, 6.07) is 7.50. The van der Waals surface area contributed by atoms with Crippen molar-refractivity contribution in [2.24, 2.45) is 16.2 Å². The lowest BCUT2D eigenvalue weighted by Gasteiger charge is -2.42. The zero-order chi connectivity index (χ0) is 23.9. The third-order valence-electron chi connectivity index (χ3n) is 7.25. The van der Waals surface area contributed by atoms with E-state index >= 15 is 0 Å². The first-order valence-corrected chi connectivity index (χ1v) is 14.1. The normalized spacial score (nSPS) is 22.2. The summed E-state index contributed by atoms with van der Waals surface area (Å²) < 4.78 is 46.1. The molecule has 3 aliphatic heterocycles. The summed E-state index contributed by atoms with van der Waals surface area (Å²) in [5.74, 6) is 1.42. The van der Waals surface area contributed by atoms with E-state index in [2.05, 4.69) is 20.8 Å². The van der Waals surface area contributed by atoms with Crippen molar-refractivity contribution in [3.63, 3.8) is 0 Å². The van der Waals surface area contributed by atoms with Crippen LogP contribution >= 0.6 is 17.6 Å². The highest BCUT2D eigenvalue weighted by atomic mass is 31.2. The van der Waals surface area contributed by atoms with Gasteiger partial charge in [-0.1, -0.05) is 20.8 Å². The lowest BCUT2D eigenvalue weighted by molar-refractivity contribution is -0.142. The third kappa shape index (κ3) is 6.60. The van der Waals surface area contributed by atoms with Gasteiger partial charge in [0.25, 0.3) is 0 Å². The van der Waals surface area contributed by atoms with Crippen LogP contribution in [0.5, 0.6) is 11.5 Å². The van der Waals surface area contributed by atoms with Gasteiger partial charge in [-0.2, -0.15) is 0 Å². The van der Waals surface area contributed by atoms with Crippen molar-refractivity contribution >= 4 is 17.6 Å². The standard InChI is InChI=1S/C24H38O8P2/c1-4-22(11-25-12-22)17-28-33-31-20-7-9-21(10-8-20)32-34(29-18-23(5-2)13-26-14-23)30-19-24(6-3)15-27-16-24/h7-10,33H,4-6,11-19H2,1-3H3. The molecule has 0 aliphatic carbocycles. The van der Waals surface area contributed by atoms with Crippen molar-refractivity contribution in [2.45, 2.75) is 40.0 Å². The molecular formula is C24H38O8P2. The Labute approximate surface area is 206 Å². The number of hydrogen-bond acceptors (Lipinski definition) is 8. The molecule has 0 saturated carbocycles. The van der Waals surface area contributed by atoms with Crippen molar-refractivity contribution in [1.82, 2.24) is 0 Å². The molecule has 34 heavy (non-hydrogen) atoms. The van der Waals surface area contributed by atoms with Gasteiger partial charge >= 0.3 is 8.60 Å². The minimum Gasteiger partial charge on any atom is -0.450 e. The molecule has 0 aromatic heterocycles. The van der Waals surface area contributed by atoms with Gasteiger partial charge in [-0.3, -0.25) is 0 Å². The van der Waals surface area contributed by atoms with E-state index in [1.54, 1.807) is 0 Å². The molecule has 1 aromatic carbocycles. The molecule has 8 nitrogen and oxygen atoms in total. The second-order valence-electron chi connectivity index (χ2n) is 9.85. The third-order valence-corrected chi connectivity index (χ3v) is 8.87.